The predicted molar refractivity (Wildman–Crippen MR) is 68.9 cm³/mol. The first kappa shape index (κ1) is 15.3. The molecule has 0 bridgehead atoms. The van der Waals surface area contributed by atoms with Crippen LogP contribution in [-0.4, -0.2) is 26.3 Å². The van der Waals surface area contributed by atoms with Gasteiger partial charge in [-0.3, -0.25) is 4.79 Å². The third-order valence-corrected chi connectivity index (χ3v) is 2.55. The SMILES string of the molecule is CCOC(=O)C(C)(C)COc1ccc(F)c(OC)c1. The zero-order valence-electron chi connectivity index (χ0n) is 11.7. The van der Waals surface area contributed by atoms with E-state index in [0.29, 0.717) is 12.4 Å². The van der Waals surface area contributed by atoms with Crippen molar-refractivity contribution in [2.45, 2.75) is 20.8 Å². The first-order valence-corrected chi connectivity index (χ1v) is 6.04. The third-order valence-electron chi connectivity index (χ3n) is 2.55. The van der Waals surface area contributed by atoms with Crippen LogP contribution in [0.4, 0.5) is 4.39 Å². The van der Waals surface area contributed by atoms with Crippen molar-refractivity contribution in [3.8, 4) is 11.5 Å². The molecule has 106 valence electrons. The van der Waals surface area contributed by atoms with E-state index in [1.165, 1.54) is 25.3 Å². The molecular formula is C14H19FO4. The fourth-order valence-corrected chi connectivity index (χ4v) is 1.38. The lowest BCUT2D eigenvalue weighted by Gasteiger charge is -2.22. The number of rotatable bonds is 6. The fraction of sp³-hybridized carbons (Fsp3) is 0.500. The highest BCUT2D eigenvalue weighted by atomic mass is 19.1. The van der Waals surface area contributed by atoms with E-state index in [1.54, 1.807) is 20.8 Å². The first-order valence-electron chi connectivity index (χ1n) is 6.04. The minimum absolute atomic E-state index is 0.103. The number of carbonyl (C=O) groups is 1. The van der Waals surface area contributed by atoms with Crippen molar-refractivity contribution in [3.05, 3.63) is 24.0 Å². The maximum absolute atomic E-state index is 13.2. The van der Waals surface area contributed by atoms with Gasteiger partial charge >= 0.3 is 5.97 Å². The summed E-state index contributed by atoms with van der Waals surface area (Å²) in [5.41, 5.74) is -0.766. The molecule has 0 fully saturated rings. The average molecular weight is 270 g/mol. The lowest BCUT2D eigenvalue weighted by atomic mass is 9.95. The molecule has 4 nitrogen and oxygen atoms in total. The Morgan fingerprint density at radius 3 is 2.63 bits per heavy atom. The molecule has 0 spiro atoms. The second-order valence-corrected chi connectivity index (χ2v) is 4.69. The van der Waals surface area contributed by atoms with Crippen LogP contribution >= 0.6 is 0 Å². The Hall–Kier alpha value is -1.78. The molecule has 1 aromatic carbocycles. The lowest BCUT2D eigenvalue weighted by Crippen LogP contribution is -2.32. The molecule has 0 unspecified atom stereocenters. The number of esters is 1. The van der Waals surface area contributed by atoms with E-state index in [0.717, 1.165) is 0 Å². The van der Waals surface area contributed by atoms with Gasteiger partial charge in [0.05, 0.1) is 19.1 Å². The van der Waals surface area contributed by atoms with Crippen molar-refractivity contribution < 1.29 is 23.4 Å². The number of hydrogen-bond acceptors (Lipinski definition) is 4. The second kappa shape index (κ2) is 6.41. The van der Waals surface area contributed by atoms with Gasteiger partial charge in [0.2, 0.25) is 0 Å². The number of carbonyl (C=O) groups excluding carboxylic acids is 1. The summed E-state index contributed by atoms with van der Waals surface area (Å²) in [5, 5.41) is 0. The molecule has 0 aliphatic heterocycles. The van der Waals surface area contributed by atoms with Gasteiger partial charge in [-0.25, -0.2) is 4.39 Å². The minimum atomic E-state index is -0.766. The number of hydrogen-bond donors (Lipinski definition) is 0. The summed E-state index contributed by atoms with van der Waals surface area (Å²) in [6, 6.07) is 4.18. The largest absolute Gasteiger partial charge is 0.494 e. The molecule has 5 heteroatoms. The average Bonchev–Trinajstić information content (AvgIpc) is 2.38. The highest BCUT2D eigenvalue weighted by Crippen LogP contribution is 2.25. The quantitative estimate of drug-likeness (QED) is 0.746. The van der Waals surface area contributed by atoms with Gasteiger partial charge in [-0.1, -0.05) is 0 Å². The van der Waals surface area contributed by atoms with E-state index < -0.39 is 11.2 Å². The minimum Gasteiger partial charge on any atom is -0.494 e. The van der Waals surface area contributed by atoms with E-state index in [4.69, 9.17) is 14.2 Å². The molecule has 0 aliphatic carbocycles. The van der Waals surface area contributed by atoms with Gasteiger partial charge in [-0.15, -0.1) is 0 Å². The predicted octanol–water partition coefficient (Wildman–Crippen LogP) is 2.80. The van der Waals surface area contributed by atoms with E-state index in [9.17, 15) is 9.18 Å². The number of halogens is 1. The van der Waals surface area contributed by atoms with Gasteiger partial charge in [0, 0.05) is 6.07 Å². The van der Waals surface area contributed by atoms with E-state index in [1.807, 2.05) is 0 Å². The van der Waals surface area contributed by atoms with Crippen molar-refractivity contribution in [3.63, 3.8) is 0 Å². The molecule has 0 radical (unpaired) electrons. The Bertz CT molecular complexity index is 443. The molecular weight excluding hydrogens is 251 g/mol. The van der Waals surface area contributed by atoms with Gasteiger partial charge in [-0.2, -0.15) is 0 Å². The summed E-state index contributed by atoms with van der Waals surface area (Å²) in [5.74, 6) is -0.245. The maximum atomic E-state index is 13.2. The van der Waals surface area contributed by atoms with Crippen LogP contribution in [0.2, 0.25) is 0 Å². The second-order valence-electron chi connectivity index (χ2n) is 4.69. The Labute approximate surface area is 112 Å². The lowest BCUT2D eigenvalue weighted by molar-refractivity contribution is -0.155. The van der Waals surface area contributed by atoms with Gasteiger partial charge in [0.15, 0.2) is 11.6 Å². The summed E-state index contributed by atoms with van der Waals surface area (Å²) in [6.45, 7) is 5.67. The number of ether oxygens (including phenoxy) is 3. The van der Waals surface area contributed by atoms with E-state index in [2.05, 4.69) is 0 Å². The van der Waals surface area contributed by atoms with Gasteiger partial charge in [-0.05, 0) is 32.9 Å². The van der Waals surface area contributed by atoms with Crippen LogP contribution in [0, 0.1) is 11.2 Å². The van der Waals surface area contributed by atoms with Crippen LogP contribution < -0.4 is 9.47 Å². The maximum Gasteiger partial charge on any atom is 0.314 e. The topological polar surface area (TPSA) is 44.8 Å². The van der Waals surface area contributed by atoms with Gasteiger partial charge < -0.3 is 14.2 Å². The normalized spacial score (nSPS) is 11.0. The third kappa shape index (κ3) is 4.12. The van der Waals surface area contributed by atoms with Crippen LogP contribution in [0.25, 0.3) is 0 Å². The smallest absolute Gasteiger partial charge is 0.314 e. The Morgan fingerprint density at radius 2 is 2.05 bits per heavy atom. The van der Waals surface area contributed by atoms with Crippen LogP contribution in [-0.2, 0) is 9.53 Å². The van der Waals surface area contributed by atoms with Crippen LogP contribution in [0.3, 0.4) is 0 Å². The summed E-state index contributed by atoms with van der Waals surface area (Å²) in [4.78, 5) is 11.7. The van der Waals surface area contributed by atoms with Crippen molar-refractivity contribution in [1.82, 2.24) is 0 Å². The van der Waals surface area contributed by atoms with Crippen molar-refractivity contribution >= 4 is 5.97 Å². The first-order chi connectivity index (χ1) is 8.90. The molecule has 0 heterocycles. The van der Waals surface area contributed by atoms with E-state index >= 15 is 0 Å². The molecule has 0 aliphatic rings. The van der Waals surface area contributed by atoms with Crippen molar-refractivity contribution in [1.29, 1.82) is 0 Å². The summed E-state index contributed by atoms with van der Waals surface area (Å²) >= 11 is 0. The standard InChI is InChI=1S/C14H19FO4/c1-5-18-13(16)14(2,3)9-19-10-6-7-11(15)12(8-10)17-4/h6-8H,5,9H2,1-4H3. The van der Waals surface area contributed by atoms with Crippen molar-refractivity contribution in [2.75, 3.05) is 20.3 Å². The Kier molecular flexibility index (Phi) is 5.15. The molecule has 0 saturated carbocycles. The van der Waals surface area contributed by atoms with Crippen LogP contribution in [0.15, 0.2) is 18.2 Å². The molecule has 1 rings (SSSR count). The Balaban J connectivity index is 2.68. The highest BCUT2D eigenvalue weighted by molar-refractivity contribution is 5.76. The fourth-order valence-electron chi connectivity index (χ4n) is 1.38. The summed E-state index contributed by atoms with van der Waals surface area (Å²) < 4.78 is 28.5. The molecule has 0 N–H and O–H groups in total. The summed E-state index contributed by atoms with van der Waals surface area (Å²) in [7, 11) is 1.38. The Morgan fingerprint density at radius 1 is 1.37 bits per heavy atom. The molecule has 0 atom stereocenters. The van der Waals surface area contributed by atoms with Crippen LogP contribution in [0.1, 0.15) is 20.8 Å². The van der Waals surface area contributed by atoms with Gasteiger partial charge in [0.25, 0.3) is 0 Å². The van der Waals surface area contributed by atoms with Crippen molar-refractivity contribution in [2.24, 2.45) is 5.41 Å². The molecule has 1 aromatic rings. The zero-order valence-corrected chi connectivity index (χ0v) is 11.7. The molecule has 0 amide bonds. The zero-order chi connectivity index (χ0) is 14.5. The van der Waals surface area contributed by atoms with Gasteiger partial charge in [0.1, 0.15) is 12.4 Å². The summed E-state index contributed by atoms with van der Waals surface area (Å²) in [6.07, 6.45) is 0. The molecule has 0 saturated heterocycles. The number of benzene rings is 1. The molecule has 19 heavy (non-hydrogen) atoms. The molecule has 0 aromatic heterocycles. The van der Waals surface area contributed by atoms with Crippen LogP contribution in [0.5, 0.6) is 11.5 Å². The monoisotopic (exact) mass is 270 g/mol. The number of methoxy groups -OCH3 is 1. The van der Waals surface area contributed by atoms with E-state index in [-0.39, 0.29) is 18.3 Å². The highest BCUT2D eigenvalue weighted by Gasteiger charge is 2.30.